The van der Waals surface area contributed by atoms with Crippen LogP contribution in [0.5, 0.6) is 0 Å². The summed E-state index contributed by atoms with van der Waals surface area (Å²) in [6, 6.07) is -0.587. The maximum absolute atomic E-state index is 12.0. The normalized spacial score (nSPS) is 23.9. The molecule has 1 aromatic rings. The molecule has 20 heavy (non-hydrogen) atoms. The van der Waals surface area contributed by atoms with Crippen molar-refractivity contribution < 1.29 is 9.53 Å². The summed E-state index contributed by atoms with van der Waals surface area (Å²) in [5.41, 5.74) is 0. The highest BCUT2D eigenvalue weighted by atomic mass is 16.5. The van der Waals surface area contributed by atoms with Gasteiger partial charge in [-0.25, -0.2) is 9.48 Å². The molecular weight excluding hydrogens is 260 g/mol. The summed E-state index contributed by atoms with van der Waals surface area (Å²) in [7, 11) is 1.73. The topological polar surface area (TPSA) is 94.0 Å². The molecule has 1 aliphatic rings. The molecule has 2 amide bonds. The minimum atomic E-state index is -0.276. The molecule has 0 aromatic carbocycles. The van der Waals surface area contributed by atoms with Gasteiger partial charge in [-0.3, -0.25) is 0 Å². The second kappa shape index (κ2) is 6.47. The molecule has 2 rings (SSSR count). The third-order valence-corrected chi connectivity index (χ3v) is 3.30. The van der Waals surface area contributed by atoms with Crippen LogP contribution in [0, 0.1) is 0 Å². The van der Waals surface area contributed by atoms with E-state index in [2.05, 4.69) is 32.7 Å². The van der Waals surface area contributed by atoms with Crippen LogP contribution in [0.2, 0.25) is 0 Å². The highest BCUT2D eigenvalue weighted by Crippen LogP contribution is 2.15. The summed E-state index contributed by atoms with van der Waals surface area (Å²) in [5.74, 6) is 0.598. The Labute approximate surface area is 117 Å². The van der Waals surface area contributed by atoms with Crippen LogP contribution in [0.15, 0.2) is 12.7 Å². The maximum atomic E-state index is 12.0. The van der Waals surface area contributed by atoms with Gasteiger partial charge in [0.2, 0.25) is 0 Å². The molecule has 3 atom stereocenters. The number of carbonyl (C=O) groups is 1. The van der Waals surface area contributed by atoms with Gasteiger partial charge in [0.15, 0.2) is 5.82 Å². The SMILES string of the molecule is C=C[C@@H]1OCCC[C@H]1NC(=O)NC(C)c1nnnn1C. The molecule has 0 bridgehead atoms. The molecule has 0 spiro atoms. The van der Waals surface area contributed by atoms with E-state index in [4.69, 9.17) is 4.74 Å². The first-order valence-electron chi connectivity index (χ1n) is 6.65. The molecule has 2 N–H and O–H groups in total. The fourth-order valence-electron chi connectivity index (χ4n) is 2.26. The first-order valence-corrected chi connectivity index (χ1v) is 6.65. The molecule has 1 unspecified atom stereocenters. The molecule has 1 aliphatic heterocycles. The molecule has 0 aliphatic carbocycles. The Kier molecular flexibility index (Phi) is 4.67. The minimum absolute atomic E-state index is 0.0499. The zero-order valence-corrected chi connectivity index (χ0v) is 11.7. The standard InChI is InChI=1S/C12H20N6O2/c1-4-10-9(6-5-7-20-10)14-12(19)13-8(2)11-15-16-17-18(11)3/h4,8-10H,1,5-7H2,2-3H3,(H2,13,14,19)/t8?,9-,10+/m1/s1. The fraction of sp³-hybridized carbons (Fsp3) is 0.667. The Morgan fingerprint density at radius 1 is 1.65 bits per heavy atom. The zero-order chi connectivity index (χ0) is 14.5. The number of hydrogen-bond acceptors (Lipinski definition) is 5. The van der Waals surface area contributed by atoms with Crippen LogP contribution in [0.4, 0.5) is 4.79 Å². The lowest BCUT2D eigenvalue weighted by molar-refractivity contribution is 0.0239. The van der Waals surface area contributed by atoms with Crippen molar-refractivity contribution in [3.05, 3.63) is 18.5 Å². The van der Waals surface area contributed by atoms with Gasteiger partial charge < -0.3 is 15.4 Å². The Morgan fingerprint density at radius 3 is 3.10 bits per heavy atom. The Hall–Kier alpha value is -1.96. The zero-order valence-electron chi connectivity index (χ0n) is 11.7. The van der Waals surface area contributed by atoms with Crippen molar-refractivity contribution >= 4 is 6.03 Å². The summed E-state index contributed by atoms with van der Waals surface area (Å²) >= 11 is 0. The van der Waals surface area contributed by atoms with Gasteiger partial charge in [-0.2, -0.15) is 0 Å². The summed E-state index contributed by atoms with van der Waals surface area (Å²) in [4.78, 5) is 12.0. The van der Waals surface area contributed by atoms with Gasteiger partial charge in [-0.1, -0.05) is 6.08 Å². The number of hydrogen-bond donors (Lipinski definition) is 2. The van der Waals surface area contributed by atoms with Gasteiger partial charge in [0, 0.05) is 13.7 Å². The van der Waals surface area contributed by atoms with Crippen LogP contribution in [0.1, 0.15) is 31.6 Å². The number of aromatic nitrogens is 4. The van der Waals surface area contributed by atoms with E-state index in [1.54, 1.807) is 13.1 Å². The third-order valence-electron chi connectivity index (χ3n) is 3.30. The third kappa shape index (κ3) is 3.32. The van der Waals surface area contributed by atoms with E-state index in [0.717, 1.165) is 12.8 Å². The fourth-order valence-corrected chi connectivity index (χ4v) is 2.26. The van der Waals surface area contributed by atoms with E-state index in [1.807, 2.05) is 6.92 Å². The highest BCUT2D eigenvalue weighted by molar-refractivity contribution is 5.74. The molecule has 0 saturated carbocycles. The molecule has 2 heterocycles. The average Bonchev–Trinajstić information content (AvgIpc) is 2.85. The number of nitrogens with zero attached hydrogens (tertiary/aromatic N) is 4. The molecule has 1 fully saturated rings. The lowest BCUT2D eigenvalue weighted by Gasteiger charge is -2.30. The quantitative estimate of drug-likeness (QED) is 0.774. The molecule has 0 radical (unpaired) electrons. The summed E-state index contributed by atoms with van der Waals surface area (Å²) in [6.07, 6.45) is 3.39. The Balaban J connectivity index is 1.88. The first-order chi connectivity index (χ1) is 9.61. The number of amides is 2. The number of nitrogens with one attached hydrogen (secondary N) is 2. The lowest BCUT2D eigenvalue weighted by Crippen LogP contribution is -2.50. The van der Waals surface area contributed by atoms with Crippen molar-refractivity contribution in [3.63, 3.8) is 0 Å². The van der Waals surface area contributed by atoms with Gasteiger partial charge in [0.05, 0.1) is 18.2 Å². The molecular formula is C12H20N6O2. The van der Waals surface area contributed by atoms with E-state index in [1.165, 1.54) is 4.68 Å². The van der Waals surface area contributed by atoms with Crippen molar-refractivity contribution in [1.82, 2.24) is 30.8 Å². The number of ether oxygens (including phenoxy) is 1. The van der Waals surface area contributed by atoms with Gasteiger partial charge in [0.1, 0.15) is 0 Å². The summed E-state index contributed by atoms with van der Waals surface area (Å²) in [5, 5.41) is 16.9. The predicted octanol–water partition coefficient (Wildman–Crippen LogP) is 0.304. The van der Waals surface area contributed by atoms with E-state index >= 15 is 0 Å². The molecule has 110 valence electrons. The van der Waals surface area contributed by atoms with Gasteiger partial charge in [0.25, 0.3) is 0 Å². The van der Waals surface area contributed by atoms with Crippen molar-refractivity contribution in [3.8, 4) is 0 Å². The highest BCUT2D eigenvalue weighted by Gasteiger charge is 2.25. The van der Waals surface area contributed by atoms with Crippen molar-refractivity contribution in [2.24, 2.45) is 7.05 Å². The second-order valence-corrected chi connectivity index (χ2v) is 4.82. The van der Waals surface area contributed by atoms with Crippen LogP contribution in [0.25, 0.3) is 0 Å². The van der Waals surface area contributed by atoms with Crippen LogP contribution in [0.3, 0.4) is 0 Å². The van der Waals surface area contributed by atoms with Gasteiger partial charge >= 0.3 is 6.03 Å². The van der Waals surface area contributed by atoms with Crippen LogP contribution in [-0.4, -0.2) is 45.0 Å². The van der Waals surface area contributed by atoms with Crippen molar-refractivity contribution in [1.29, 1.82) is 0 Å². The lowest BCUT2D eigenvalue weighted by atomic mass is 10.0. The predicted molar refractivity (Wildman–Crippen MR) is 71.8 cm³/mol. The van der Waals surface area contributed by atoms with Gasteiger partial charge in [-0.05, 0) is 30.2 Å². The number of tetrazole rings is 1. The molecule has 1 aromatic heterocycles. The molecule has 8 nitrogen and oxygen atoms in total. The molecule has 8 heteroatoms. The van der Waals surface area contributed by atoms with Crippen molar-refractivity contribution in [2.75, 3.05) is 6.61 Å². The second-order valence-electron chi connectivity index (χ2n) is 4.82. The van der Waals surface area contributed by atoms with E-state index in [9.17, 15) is 4.79 Å². The number of rotatable bonds is 4. The summed E-state index contributed by atoms with van der Waals surface area (Å²) in [6.45, 7) is 6.26. The Morgan fingerprint density at radius 2 is 2.45 bits per heavy atom. The molecule has 1 saturated heterocycles. The van der Waals surface area contributed by atoms with E-state index in [-0.39, 0.29) is 24.2 Å². The van der Waals surface area contributed by atoms with Crippen molar-refractivity contribution in [2.45, 2.75) is 38.0 Å². The number of aryl methyl sites for hydroxylation is 1. The smallest absolute Gasteiger partial charge is 0.315 e. The van der Waals surface area contributed by atoms with E-state index in [0.29, 0.717) is 12.4 Å². The monoisotopic (exact) mass is 280 g/mol. The van der Waals surface area contributed by atoms with E-state index < -0.39 is 0 Å². The largest absolute Gasteiger partial charge is 0.372 e. The van der Waals surface area contributed by atoms with Gasteiger partial charge in [-0.15, -0.1) is 11.7 Å². The number of carbonyl (C=O) groups excluding carboxylic acids is 1. The number of urea groups is 1. The maximum Gasteiger partial charge on any atom is 0.315 e. The van der Waals surface area contributed by atoms with Crippen LogP contribution in [-0.2, 0) is 11.8 Å². The minimum Gasteiger partial charge on any atom is -0.372 e. The summed E-state index contributed by atoms with van der Waals surface area (Å²) < 4.78 is 7.07. The van der Waals surface area contributed by atoms with Crippen LogP contribution >= 0.6 is 0 Å². The average molecular weight is 280 g/mol. The Bertz CT molecular complexity index is 474. The first kappa shape index (κ1) is 14.4. The van der Waals surface area contributed by atoms with Crippen LogP contribution < -0.4 is 10.6 Å².